The van der Waals surface area contributed by atoms with Crippen LogP contribution >= 0.6 is 0 Å². The average molecular weight is 469 g/mol. The molecule has 0 aliphatic carbocycles. The highest BCUT2D eigenvalue weighted by Gasteiger charge is 2.30. The Kier molecular flexibility index (Phi) is 10.1. The van der Waals surface area contributed by atoms with Crippen LogP contribution < -0.4 is 15.4 Å². The van der Waals surface area contributed by atoms with Gasteiger partial charge in [0.2, 0.25) is 5.91 Å². The standard InChI is InChI=1S/C27H36N2O5/c1-19(2)16-23(26(32)34-27(3,4)5)29-25(31)22(17-20-12-8-6-9-13-20)28-24(30)18-33-21-14-10-7-11-15-21/h6-15,19,22-23H,16-18H2,1-5H3,(H,28,30)(H,29,31)/t22-,23-/m1/s1. The quantitative estimate of drug-likeness (QED) is 0.491. The SMILES string of the molecule is CC(C)C[C@@H](NC(=O)[C@@H](Cc1ccccc1)NC(=O)COc1ccccc1)C(=O)OC(C)(C)C. The fourth-order valence-corrected chi connectivity index (χ4v) is 3.29. The van der Waals surface area contributed by atoms with E-state index >= 15 is 0 Å². The Morgan fingerprint density at radius 3 is 2.00 bits per heavy atom. The van der Waals surface area contributed by atoms with E-state index in [0.29, 0.717) is 12.2 Å². The molecule has 184 valence electrons. The van der Waals surface area contributed by atoms with Gasteiger partial charge < -0.3 is 20.1 Å². The molecule has 7 heteroatoms. The maximum Gasteiger partial charge on any atom is 0.329 e. The van der Waals surface area contributed by atoms with E-state index in [2.05, 4.69) is 10.6 Å². The number of para-hydroxylation sites is 1. The van der Waals surface area contributed by atoms with Gasteiger partial charge in [0.25, 0.3) is 5.91 Å². The number of ether oxygens (including phenoxy) is 2. The number of hydrogen-bond acceptors (Lipinski definition) is 5. The molecule has 34 heavy (non-hydrogen) atoms. The van der Waals surface area contributed by atoms with Crippen LogP contribution in [0.15, 0.2) is 60.7 Å². The summed E-state index contributed by atoms with van der Waals surface area (Å²) in [5.41, 5.74) is 0.202. The zero-order valence-electron chi connectivity index (χ0n) is 20.7. The minimum atomic E-state index is -0.883. The summed E-state index contributed by atoms with van der Waals surface area (Å²) in [6.07, 6.45) is 0.691. The summed E-state index contributed by atoms with van der Waals surface area (Å²) in [5.74, 6) is -0.666. The van der Waals surface area contributed by atoms with Crippen LogP contribution in [-0.4, -0.2) is 42.1 Å². The molecule has 2 N–H and O–H groups in total. The smallest absolute Gasteiger partial charge is 0.329 e. The molecule has 0 aliphatic rings. The third-order valence-electron chi connectivity index (χ3n) is 4.76. The van der Waals surface area contributed by atoms with E-state index in [-0.39, 0.29) is 18.9 Å². The third-order valence-corrected chi connectivity index (χ3v) is 4.76. The number of benzene rings is 2. The Balaban J connectivity index is 2.12. The Morgan fingerprint density at radius 2 is 1.44 bits per heavy atom. The fraction of sp³-hybridized carbons (Fsp3) is 0.444. The second-order valence-electron chi connectivity index (χ2n) is 9.64. The molecule has 7 nitrogen and oxygen atoms in total. The van der Waals surface area contributed by atoms with Crippen LogP contribution in [-0.2, 0) is 25.5 Å². The highest BCUT2D eigenvalue weighted by Crippen LogP contribution is 2.14. The van der Waals surface area contributed by atoms with Crippen molar-refractivity contribution in [2.45, 2.75) is 65.1 Å². The molecule has 2 atom stereocenters. The van der Waals surface area contributed by atoms with Crippen LogP contribution in [0.25, 0.3) is 0 Å². The predicted octanol–water partition coefficient (Wildman–Crippen LogP) is 3.67. The van der Waals surface area contributed by atoms with Gasteiger partial charge in [-0.15, -0.1) is 0 Å². The minimum absolute atomic E-state index is 0.152. The zero-order valence-corrected chi connectivity index (χ0v) is 20.7. The molecule has 2 aromatic carbocycles. The maximum atomic E-state index is 13.2. The molecular weight excluding hydrogens is 432 g/mol. The number of esters is 1. The zero-order chi connectivity index (χ0) is 25.1. The molecule has 0 radical (unpaired) electrons. The summed E-state index contributed by atoms with van der Waals surface area (Å²) in [5, 5.41) is 5.55. The summed E-state index contributed by atoms with van der Waals surface area (Å²) < 4.78 is 11.0. The predicted molar refractivity (Wildman–Crippen MR) is 131 cm³/mol. The van der Waals surface area contributed by atoms with Crippen LogP contribution in [0.1, 0.15) is 46.6 Å². The van der Waals surface area contributed by atoms with Crippen molar-refractivity contribution in [3.63, 3.8) is 0 Å². The van der Waals surface area contributed by atoms with Gasteiger partial charge in [0.05, 0.1) is 0 Å². The Bertz CT molecular complexity index is 923. The summed E-state index contributed by atoms with van der Waals surface area (Å²) in [6.45, 7) is 9.05. The molecular formula is C27H36N2O5. The molecule has 0 fully saturated rings. The van der Waals surface area contributed by atoms with Gasteiger partial charge in [-0.25, -0.2) is 4.79 Å². The summed E-state index contributed by atoms with van der Waals surface area (Å²) in [6, 6.07) is 16.6. The van der Waals surface area contributed by atoms with E-state index < -0.39 is 35.5 Å². The van der Waals surface area contributed by atoms with E-state index in [4.69, 9.17) is 9.47 Å². The van der Waals surface area contributed by atoms with Crippen molar-refractivity contribution in [1.82, 2.24) is 10.6 Å². The molecule has 2 amide bonds. The first-order valence-corrected chi connectivity index (χ1v) is 11.6. The molecule has 0 heterocycles. The van der Waals surface area contributed by atoms with Crippen molar-refractivity contribution >= 4 is 17.8 Å². The largest absolute Gasteiger partial charge is 0.484 e. The van der Waals surface area contributed by atoms with Crippen molar-refractivity contribution in [2.24, 2.45) is 5.92 Å². The van der Waals surface area contributed by atoms with Crippen molar-refractivity contribution in [3.05, 3.63) is 66.2 Å². The van der Waals surface area contributed by atoms with Crippen LogP contribution in [0.3, 0.4) is 0 Å². The van der Waals surface area contributed by atoms with Crippen molar-refractivity contribution < 1.29 is 23.9 Å². The first-order valence-electron chi connectivity index (χ1n) is 11.6. The van der Waals surface area contributed by atoms with Crippen molar-refractivity contribution in [3.8, 4) is 5.75 Å². The topological polar surface area (TPSA) is 93.7 Å². The molecule has 0 spiro atoms. The normalized spacial score (nSPS) is 13.0. The number of carbonyl (C=O) groups is 3. The van der Waals surface area contributed by atoms with Gasteiger partial charge in [-0.3, -0.25) is 9.59 Å². The van der Waals surface area contributed by atoms with Gasteiger partial charge in [-0.05, 0) is 50.8 Å². The van der Waals surface area contributed by atoms with E-state index in [1.807, 2.05) is 62.4 Å². The Labute approximate surface area is 202 Å². The number of carbonyl (C=O) groups excluding carboxylic acids is 3. The molecule has 0 saturated carbocycles. The first kappa shape index (κ1) is 26.9. The first-order chi connectivity index (χ1) is 16.0. The lowest BCUT2D eigenvalue weighted by atomic mass is 10.0. The highest BCUT2D eigenvalue weighted by atomic mass is 16.6. The monoisotopic (exact) mass is 468 g/mol. The van der Waals surface area contributed by atoms with Crippen molar-refractivity contribution in [2.75, 3.05) is 6.61 Å². The van der Waals surface area contributed by atoms with Crippen molar-refractivity contribution in [1.29, 1.82) is 0 Å². The number of amides is 2. The van der Waals surface area contributed by atoms with Crippen LogP contribution in [0.4, 0.5) is 0 Å². The molecule has 0 unspecified atom stereocenters. The minimum Gasteiger partial charge on any atom is -0.484 e. The number of rotatable bonds is 11. The molecule has 0 aromatic heterocycles. The molecule has 0 saturated heterocycles. The fourth-order valence-electron chi connectivity index (χ4n) is 3.29. The molecule has 0 bridgehead atoms. The third kappa shape index (κ3) is 10.1. The van der Waals surface area contributed by atoms with E-state index in [0.717, 1.165) is 5.56 Å². The van der Waals surface area contributed by atoms with Crippen LogP contribution in [0, 0.1) is 5.92 Å². The van der Waals surface area contributed by atoms with E-state index in [1.165, 1.54) is 0 Å². The van der Waals surface area contributed by atoms with E-state index in [9.17, 15) is 14.4 Å². The van der Waals surface area contributed by atoms with Gasteiger partial charge in [-0.1, -0.05) is 62.4 Å². The van der Waals surface area contributed by atoms with E-state index in [1.54, 1.807) is 32.9 Å². The highest BCUT2D eigenvalue weighted by molar-refractivity contribution is 5.91. The van der Waals surface area contributed by atoms with Gasteiger partial charge >= 0.3 is 5.97 Å². The Morgan fingerprint density at radius 1 is 0.853 bits per heavy atom. The second-order valence-corrected chi connectivity index (χ2v) is 9.64. The average Bonchev–Trinajstić information content (AvgIpc) is 2.76. The Hall–Kier alpha value is -3.35. The molecule has 2 rings (SSSR count). The lowest BCUT2D eigenvalue weighted by Gasteiger charge is -2.27. The number of nitrogens with one attached hydrogen (secondary N) is 2. The maximum absolute atomic E-state index is 13.2. The van der Waals surface area contributed by atoms with Gasteiger partial charge in [-0.2, -0.15) is 0 Å². The number of hydrogen-bond donors (Lipinski definition) is 2. The summed E-state index contributed by atoms with van der Waals surface area (Å²) in [7, 11) is 0. The summed E-state index contributed by atoms with van der Waals surface area (Å²) in [4.78, 5) is 38.6. The van der Waals surface area contributed by atoms with Gasteiger partial charge in [0.15, 0.2) is 6.61 Å². The lowest BCUT2D eigenvalue weighted by Crippen LogP contribution is -2.54. The molecule has 0 aliphatic heterocycles. The van der Waals surface area contributed by atoms with Gasteiger partial charge in [0.1, 0.15) is 23.4 Å². The van der Waals surface area contributed by atoms with Crippen LogP contribution in [0.2, 0.25) is 0 Å². The molecule has 2 aromatic rings. The second kappa shape index (κ2) is 12.8. The van der Waals surface area contributed by atoms with Crippen LogP contribution in [0.5, 0.6) is 5.75 Å². The lowest BCUT2D eigenvalue weighted by molar-refractivity contribution is -0.159. The summed E-state index contributed by atoms with van der Waals surface area (Å²) >= 11 is 0. The van der Waals surface area contributed by atoms with Gasteiger partial charge in [0, 0.05) is 6.42 Å².